The Morgan fingerprint density at radius 1 is 0.967 bits per heavy atom. The predicted octanol–water partition coefficient (Wildman–Crippen LogP) is 5.23. The van der Waals surface area contributed by atoms with Gasteiger partial charge in [-0.25, -0.2) is 9.59 Å². The van der Waals surface area contributed by atoms with Crippen LogP contribution in [0.25, 0.3) is 0 Å². The normalized spacial score (nSPS) is 33.0. The molecule has 1 unspecified atom stereocenters. The molecule has 60 heavy (non-hydrogen) atoms. The summed E-state index contributed by atoms with van der Waals surface area (Å²) in [6.07, 6.45) is -7.57. The molecule has 2 saturated carbocycles. The molecule has 0 radical (unpaired) electrons. The molecule has 1 saturated heterocycles. The van der Waals surface area contributed by atoms with Gasteiger partial charge >= 0.3 is 18.0 Å². The number of hydrogen-bond acceptors (Lipinski definition) is 13. The fraction of sp³-hybridized carbons (Fsp3) is 0.587. The van der Waals surface area contributed by atoms with E-state index in [9.17, 15) is 29.4 Å². The Kier molecular flexibility index (Phi) is 12.3. The van der Waals surface area contributed by atoms with Gasteiger partial charge in [-0.2, -0.15) is 0 Å². The minimum Gasteiger partial charge on any atom is -0.455 e. The molecule has 1 aliphatic heterocycles. The summed E-state index contributed by atoms with van der Waals surface area (Å²) in [6, 6.07) is 15.5. The average Bonchev–Trinajstić information content (AvgIpc) is 3.18. The first kappa shape index (κ1) is 45.1. The van der Waals surface area contributed by atoms with E-state index in [0.29, 0.717) is 16.7 Å². The zero-order valence-electron chi connectivity index (χ0n) is 36.1. The number of carbonyl (C=O) groups excluding carboxylic acids is 5. The third-order valence-corrected chi connectivity index (χ3v) is 13.5. The van der Waals surface area contributed by atoms with Crippen LogP contribution >= 0.6 is 0 Å². The third kappa shape index (κ3) is 7.59. The van der Waals surface area contributed by atoms with Crippen LogP contribution < -0.4 is 5.32 Å². The fourth-order valence-electron chi connectivity index (χ4n) is 10.5. The zero-order chi connectivity index (χ0) is 44.2. The molecule has 11 atom stereocenters. The number of esters is 2. The maximum atomic E-state index is 15.6. The van der Waals surface area contributed by atoms with Gasteiger partial charge in [0, 0.05) is 39.4 Å². The SMILES string of the molecule is CO[C@H]1C(=O)[C@@]2(C)C([C@H](OC(=O)c3ccccc3)[C@]3(O)C[C@H](CC(=O)[C@H](O)[C@@H](NC(=O)OC(C)(C)C)c4ccccc4)C(C)=C1C3(C)C)[C@]1(OC(C)=O)CO[C@@H]1C[C@@H]2OC. The van der Waals surface area contributed by atoms with Crippen LogP contribution in [-0.2, 0) is 42.8 Å². The molecule has 2 aromatic carbocycles. The predicted molar refractivity (Wildman–Crippen MR) is 216 cm³/mol. The third-order valence-electron chi connectivity index (χ3n) is 13.5. The van der Waals surface area contributed by atoms with Crippen molar-refractivity contribution in [3.8, 4) is 0 Å². The lowest BCUT2D eigenvalue weighted by molar-refractivity contribution is -0.347. The molecular weight excluding hydrogens is 774 g/mol. The van der Waals surface area contributed by atoms with Gasteiger partial charge in [0.25, 0.3) is 0 Å². The average molecular weight is 834 g/mol. The molecule has 326 valence electrons. The number of aliphatic hydroxyl groups is 2. The fourth-order valence-corrected chi connectivity index (χ4v) is 10.5. The van der Waals surface area contributed by atoms with Gasteiger partial charge in [0.1, 0.15) is 35.6 Å². The van der Waals surface area contributed by atoms with E-state index in [0.717, 1.165) is 0 Å². The summed E-state index contributed by atoms with van der Waals surface area (Å²) < 4.78 is 36.5. The van der Waals surface area contributed by atoms with Gasteiger partial charge in [-0.3, -0.25) is 14.4 Å². The standard InChI is InChI=1S/C46H59NO13/c1-25-29(21-30(49)35(50)34(27-17-13-11-14-18-27)47-41(53)60-42(3,4)5)23-46(54)39(58-40(52)28-19-15-12-16-20-28)37-44(8,38(51)36(56-10)33(25)43(46,6)7)31(55-9)22-32-45(37,24-57-32)59-26(2)48/h11-20,29,31-32,34-37,39,50,54H,21-24H2,1-10H3,(H,47,53)/t29-,31-,32+,34-,35-,36+,37?,39-,44+,45-,46+/m0/s1. The van der Waals surface area contributed by atoms with Crippen LogP contribution in [0, 0.1) is 22.7 Å². The molecule has 2 aromatic rings. The number of hydrogen-bond donors (Lipinski definition) is 3. The van der Waals surface area contributed by atoms with Gasteiger partial charge in [-0.15, -0.1) is 0 Å². The first-order chi connectivity index (χ1) is 28.1. The van der Waals surface area contributed by atoms with Crippen molar-refractivity contribution < 1.29 is 62.6 Å². The summed E-state index contributed by atoms with van der Waals surface area (Å²) in [5, 5.41) is 28.3. The van der Waals surface area contributed by atoms with E-state index < -0.39 is 106 Å². The number of alkyl carbamates (subject to hydrolysis) is 1. The molecule has 4 aliphatic rings. The molecule has 1 heterocycles. The Balaban J connectivity index is 1.52. The quantitative estimate of drug-likeness (QED) is 0.152. The summed E-state index contributed by atoms with van der Waals surface area (Å²) in [5.74, 6) is -4.70. The van der Waals surface area contributed by atoms with Gasteiger partial charge in [0.2, 0.25) is 0 Å². The second-order valence-corrected chi connectivity index (χ2v) is 18.4. The Bertz CT molecular complexity index is 2010. The number of aliphatic hydroxyl groups excluding tert-OH is 1. The van der Waals surface area contributed by atoms with E-state index in [2.05, 4.69) is 5.32 Å². The number of fused-ring (bicyclic) bond motifs is 5. The van der Waals surface area contributed by atoms with Gasteiger partial charge < -0.3 is 44.0 Å². The smallest absolute Gasteiger partial charge is 0.408 e. The highest BCUT2D eigenvalue weighted by molar-refractivity contribution is 5.94. The molecule has 3 N–H and O–H groups in total. The first-order valence-corrected chi connectivity index (χ1v) is 20.4. The van der Waals surface area contributed by atoms with Crippen LogP contribution in [0.4, 0.5) is 4.79 Å². The van der Waals surface area contributed by atoms with E-state index in [1.807, 2.05) is 0 Å². The molecule has 3 aliphatic carbocycles. The lowest BCUT2D eigenvalue weighted by Gasteiger charge is -2.68. The van der Waals surface area contributed by atoms with Crippen molar-refractivity contribution in [1.82, 2.24) is 5.32 Å². The van der Waals surface area contributed by atoms with Crippen molar-refractivity contribution >= 4 is 29.6 Å². The Hall–Kier alpha value is -4.47. The maximum Gasteiger partial charge on any atom is 0.408 e. The Morgan fingerprint density at radius 2 is 1.58 bits per heavy atom. The van der Waals surface area contributed by atoms with Gasteiger partial charge in [0.05, 0.1) is 35.6 Å². The van der Waals surface area contributed by atoms with Crippen LogP contribution in [0.5, 0.6) is 0 Å². The number of allylic oxidation sites excluding steroid dienone is 1. The maximum absolute atomic E-state index is 15.6. The van der Waals surface area contributed by atoms with Crippen molar-refractivity contribution in [1.29, 1.82) is 0 Å². The van der Waals surface area contributed by atoms with E-state index in [1.165, 1.54) is 21.1 Å². The molecule has 2 bridgehead atoms. The van der Waals surface area contributed by atoms with E-state index in [4.69, 9.17) is 28.4 Å². The Labute approximate surface area is 351 Å². The number of ether oxygens (including phenoxy) is 6. The summed E-state index contributed by atoms with van der Waals surface area (Å²) in [7, 11) is 2.85. The summed E-state index contributed by atoms with van der Waals surface area (Å²) in [4.78, 5) is 70.5. The largest absolute Gasteiger partial charge is 0.455 e. The number of carbonyl (C=O) groups is 5. The molecule has 6 rings (SSSR count). The van der Waals surface area contributed by atoms with Crippen LogP contribution in [0.3, 0.4) is 0 Å². The van der Waals surface area contributed by atoms with Crippen LogP contribution in [0.15, 0.2) is 71.8 Å². The number of methoxy groups -OCH3 is 2. The van der Waals surface area contributed by atoms with Gasteiger partial charge in [-0.05, 0) is 70.2 Å². The number of nitrogens with one attached hydrogen (secondary N) is 1. The number of amides is 1. The second kappa shape index (κ2) is 16.4. The number of Topliss-reactive ketones (excluding diaryl/α,β-unsaturated/α-hetero) is 2. The first-order valence-electron chi connectivity index (χ1n) is 20.4. The van der Waals surface area contributed by atoms with E-state index in [-0.39, 0.29) is 31.4 Å². The minimum absolute atomic E-state index is 0.146. The number of rotatable bonds is 11. The van der Waals surface area contributed by atoms with E-state index >= 15 is 4.79 Å². The lowest BCUT2D eigenvalue weighted by atomic mass is 9.44. The van der Waals surface area contributed by atoms with E-state index in [1.54, 1.807) is 109 Å². The topological polar surface area (TPSA) is 193 Å². The lowest BCUT2D eigenvalue weighted by Crippen LogP contribution is -2.81. The van der Waals surface area contributed by atoms with Crippen LogP contribution in [0.1, 0.15) is 96.6 Å². The van der Waals surface area contributed by atoms with Crippen molar-refractivity contribution in [3.63, 3.8) is 0 Å². The van der Waals surface area contributed by atoms with Crippen molar-refractivity contribution in [2.45, 2.75) is 128 Å². The van der Waals surface area contributed by atoms with Crippen LogP contribution in [-0.4, -0.2) is 108 Å². The molecule has 14 heteroatoms. The molecule has 1 amide bonds. The molecule has 14 nitrogen and oxygen atoms in total. The second-order valence-electron chi connectivity index (χ2n) is 18.4. The van der Waals surface area contributed by atoms with Crippen molar-refractivity contribution in [2.24, 2.45) is 22.7 Å². The van der Waals surface area contributed by atoms with Gasteiger partial charge in [0.15, 0.2) is 17.2 Å². The number of benzene rings is 2. The zero-order valence-corrected chi connectivity index (χ0v) is 36.1. The highest BCUT2D eigenvalue weighted by Gasteiger charge is 2.78. The monoisotopic (exact) mass is 833 g/mol. The molecule has 0 aromatic heterocycles. The van der Waals surface area contributed by atoms with Crippen molar-refractivity contribution in [2.75, 3.05) is 20.8 Å². The number of ketones is 2. The summed E-state index contributed by atoms with van der Waals surface area (Å²) >= 11 is 0. The van der Waals surface area contributed by atoms with Crippen molar-refractivity contribution in [3.05, 3.63) is 82.9 Å². The highest BCUT2D eigenvalue weighted by atomic mass is 16.6. The van der Waals surface area contributed by atoms with Gasteiger partial charge in [-0.1, -0.05) is 68.0 Å². The molecular formula is C46H59NO13. The minimum atomic E-state index is -2.10. The molecule has 3 fully saturated rings. The summed E-state index contributed by atoms with van der Waals surface area (Å²) in [6.45, 7) is 13.1. The molecule has 0 spiro atoms. The van der Waals surface area contributed by atoms with Crippen LogP contribution in [0.2, 0.25) is 0 Å². The highest BCUT2D eigenvalue weighted by Crippen LogP contribution is 2.65. The Morgan fingerprint density at radius 3 is 2.12 bits per heavy atom. The summed E-state index contributed by atoms with van der Waals surface area (Å²) in [5.41, 5.74) is -5.95.